The van der Waals surface area contributed by atoms with Gasteiger partial charge in [-0.2, -0.15) is 9.97 Å². The molecule has 2 fully saturated rings. The first-order valence-corrected chi connectivity index (χ1v) is 12.6. The molecule has 3 aromatic rings. The van der Waals surface area contributed by atoms with Crippen LogP contribution in [0.5, 0.6) is 0 Å². The van der Waals surface area contributed by atoms with Gasteiger partial charge in [0.2, 0.25) is 5.95 Å². The van der Waals surface area contributed by atoms with Gasteiger partial charge in [0.1, 0.15) is 29.6 Å². The molecule has 4 atom stereocenters. The summed E-state index contributed by atoms with van der Waals surface area (Å²) >= 11 is 0. The van der Waals surface area contributed by atoms with Crippen LogP contribution in [0.15, 0.2) is 47.8 Å². The molecule has 4 aliphatic rings. The van der Waals surface area contributed by atoms with Crippen LogP contribution < -0.4 is 20.4 Å². The van der Waals surface area contributed by atoms with E-state index in [0.717, 1.165) is 54.0 Å². The Morgan fingerprint density at radius 1 is 1.08 bits per heavy atom. The number of hydrogen-bond donors (Lipinski definition) is 2. The van der Waals surface area contributed by atoms with Crippen molar-refractivity contribution in [2.24, 2.45) is 11.3 Å². The third-order valence-electron chi connectivity index (χ3n) is 8.60. The number of hydrogen-bond acceptors (Lipinski definition) is 8. The van der Waals surface area contributed by atoms with E-state index in [9.17, 15) is 4.39 Å². The number of nitrogens with one attached hydrogen (secondary N) is 2. The Kier molecular flexibility index (Phi) is 4.41. The summed E-state index contributed by atoms with van der Waals surface area (Å²) in [5, 5.41) is 6.97. The van der Waals surface area contributed by atoms with Gasteiger partial charge in [0.25, 0.3) is 0 Å². The zero-order chi connectivity index (χ0) is 24.8. The normalized spacial score (nSPS) is 27.4. The molecule has 36 heavy (non-hydrogen) atoms. The summed E-state index contributed by atoms with van der Waals surface area (Å²) in [5.74, 6) is 3.83. The summed E-state index contributed by atoms with van der Waals surface area (Å²) in [6.45, 7) is 9.15. The second-order valence-electron chi connectivity index (χ2n) is 10.5. The monoisotopic (exact) mass is 484 g/mol. The molecule has 4 heterocycles. The Labute approximate surface area is 209 Å². The molecule has 2 aliphatic heterocycles. The molecule has 0 amide bonds. The highest BCUT2D eigenvalue weighted by Gasteiger charge is 2.73. The summed E-state index contributed by atoms with van der Waals surface area (Å²) in [6.07, 6.45) is 1.65. The highest BCUT2D eigenvalue weighted by atomic mass is 19.1. The zero-order valence-electron chi connectivity index (χ0n) is 20.9. The topological polar surface area (TPSA) is 82.1 Å². The molecule has 0 radical (unpaired) electrons. The largest absolute Gasteiger partial charge is 0.373 e. The smallest absolute Gasteiger partial charge is 0.227 e. The van der Waals surface area contributed by atoms with Gasteiger partial charge in [-0.3, -0.25) is 0 Å². The predicted molar refractivity (Wildman–Crippen MR) is 138 cm³/mol. The summed E-state index contributed by atoms with van der Waals surface area (Å²) in [5.41, 5.74) is 6.22. The first kappa shape index (κ1) is 21.5. The van der Waals surface area contributed by atoms with E-state index in [1.54, 1.807) is 6.33 Å². The second-order valence-corrected chi connectivity index (χ2v) is 10.5. The van der Waals surface area contributed by atoms with Crippen molar-refractivity contribution >= 4 is 29.1 Å². The standard InChI is InChI=1S/C27H29FN8/c1-14-10-36(18-7-5-17(28)6-8-18)25-21(14)24(29-4)33-26(34-25)32-23-19-11-35(12-27(19)16(3)22(23)27)20-9-15(2)30-13-31-20/h5-9,13-14,19,23H,10-12H2,1-4H3,(H2,29,32,33,34)/t14-,19?,23?,27?/m0/s1. The summed E-state index contributed by atoms with van der Waals surface area (Å²) in [7, 11) is 1.90. The number of aryl methyl sites for hydroxylation is 1. The third kappa shape index (κ3) is 2.85. The highest BCUT2D eigenvalue weighted by molar-refractivity contribution is 5.75. The van der Waals surface area contributed by atoms with Crippen molar-refractivity contribution in [1.82, 2.24) is 19.9 Å². The zero-order valence-corrected chi connectivity index (χ0v) is 20.9. The molecule has 1 saturated carbocycles. The van der Waals surface area contributed by atoms with Crippen LogP contribution in [-0.2, 0) is 0 Å². The van der Waals surface area contributed by atoms with E-state index in [-0.39, 0.29) is 23.2 Å². The predicted octanol–water partition coefficient (Wildman–Crippen LogP) is 4.26. The Bertz CT molecular complexity index is 1420. The molecular formula is C27H29FN8. The Morgan fingerprint density at radius 3 is 2.64 bits per heavy atom. The van der Waals surface area contributed by atoms with Gasteiger partial charge in [-0.05, 0) is 43.7 Å². The molecule has 1 saturated heterocycles. The van der Waals surface area contributed by atoms with Crippen molar-refractivity contribution in [3.05, 3.63) is 64.9 Å². The lowest BCUT2D eigenvalue weighted by molar-refractivity contribution is 0.296. The molecule has 2 aromatic heterocycles. The molecule has 9 heteroatoms. The van der Waals surface area contributed by atoms with Crippen molar-refractivity contribution in [1.29, 1.82) is 0 Å². The lowest BCUT2D eigenvalue weighted by Gasteiger charge is -2.39. The summed E-state index contributed by atoms with van der Waals surface area (Å²) in [4.78, 5) is 23.2. The van der Waals surface area contributed by atoms with Crippen molar-refractivity contribution in [2.75, 3.05) is 47.1 Å². The van der Waals surface area contributed by atoms with Crippen LogP contribution in [0, 0.1) is 24.1 Å². The van der Waals surface area contributed by atoms with Gasteiger partial charge in [-0.15, -0.1) is 0 Å². The van der Waals surface area contributed by atoms with Gasteiger partial charge < -0.3 is 20.4 Å². The summed E-state index contributed by atoms with van der Waals surface area (Å²) < 4.78 is 13.6. The lowest BCUT2D eigenvalue weighted by atomic mass is 9.68. The minimum absolute atomic E-state index is 0.202. The Morgan fingerprint density at radius 2 is 1.89 bits per heavy atom. The average molecular weight is 485 g/mol. The third-order valence-corrected chi connectivity index (χ3v) is 8.60. The van der Waals surface area contributed by atoms with Gasteiger partial charge in [0.15, 0.2) is 0 Å². The molecule has 7 rings (SSSR count). The van der Waals surface area contributed by atoms with Crippen LogP contribution in [0.3, 0.4) is 0 Å². The number of anilines is 5. The first-order valence-electron chi connectivity index (χ1n) is 12.6. The molecule has 2 N–H and O–H groups in total. The number of aromatic nitrogens is 4. The number of fused-ring (bicyclic) bond motifs is 1. The van der Waals surface area contributed by atoms with Crippen molar-refractivity contribution < 1.29 is 4.39 Å². The van der Waals surface area contributed by atoms with E-state index in [2.05, 4.69) is 50.3 Å². The quantitative estimate of drug-likeness (QED) is 0.520. The van der Waals surface area contributed by atoms with E-state index in [1.165, 1.54) is 23.3 Å². The number of halogens is 1. The van der Waals surface area contributed by atoms with Gasteiger partial charge >= 0.3 is 0 Å². The van der Waals surface area contributed by atoms with Crippen LogP contribution in [0.1, 0.15) is 31.0 Å². The fourth-order valence-corrected chi connectivity index (χ4v) is 6.84. The van der Waals surface area contributed by atoms with Crippen molar-refractivity contribution in [2.45, 2.75) is 32.7 Å². The molecular weight excluding hydrogens is 455 g/mol. The number of benzene rings is 1. The molecule has 8 nitrogen and oxygen atoms in total. The van der Waals surface area contributed by atoms with E-state index in [1.807, 2.05) is 26.1 Å². The minimum atomic E-state index is -0.239. The molecule has 3 unspecified atom stereocenters. The highest BCUT2D eigenvalue weighted by Crippen LogP contribution is 2.73. The Balaban J connectivity index is 1.19. The molecule has 2 aliphatic carbocycles. The maximum atomic E-state index is 13.6. The second kappa shape index (κ2) is 7.38. The number of rotatable bonds is 5. The Hall–Kier alpha value is -3.75. The van der Waals surface area contributed by atoms with Crippen LogP contribution in [-0.4, -0.2) is 52.7 Å². The first-order chi connectivity index (χ1) is 17.4. The van der Waals surface area contributed by atoms with Crippen LogP contribution in [0.25, 0.3) is 0 Å². The fraction of sp³-hybridized carbons (Fsp3) is 0.407. The van der Waals surface area contributed by atoms with E-state index >= 15 is 0 Å². The van der Waals surface area contributed by atoms with Crippen LogP contribution in [0.2, 0.25) is 0 Å². The maximum absolute atomic E-state index is 13.6. The maximum Gasteiger partial charge on any atom is 0.227 e. The van der Waals surface area contributed by atoms with Crippen molar-refractivity contribution in [3.8, 4) is 0 Å². The van der Waals surface area contributed by atoms with E-state index in [0.29, 0.717) is 11.9 Å². The van der Waals surface area contributed by atoms with Gasteiger partial charge in [-0.1, -0.05) is 12.5 Å². The molecule has 0 bridgehead atoms. The van der Waals surface area contributed by atoms with Crippen LogP contribution in [0.4, 0.5) is 33.5 Å². The molecule has 1 aromatic carbocycles. The number of nitrogens with zero attached hydrogens (tertiary/aromatic N) is 6. The SMILES string of the molecule is CNc1nc(NC2C3=C(C)C34CN(c3cc(C)ncn3)CC24)nc2c1[C@@H](C)CN2c1ccc(F)cc1. The van der Waals surface area contributed by atoms with E-state index < -0.39 is 0 Å². The lowest BCUT2D eigenvalue weighted by Crippen LogP contribution is -2.47. The summed E-state index contributed by atoms with van der Waals surface area (Å²) in [6, 6.07) is 8.91. The molecule has 184 valence electrons. The van der Waals surface area contributed by atoms with Crippen molar-refractivity contribution in [3.63, 3.8) is 0 Å². The van der Waals surface area contributed by atoms with Gasteiger partial charge in [0, 0.05) is 66.9 Å². The average Bonchev–Trinajstić information content (AvgIpc) is 3.09. The van der Waals surface area contributed by atoms with Gasteiger partial charge in [-0.25, -0.2) is 14.4 Å². The molecule has 1 spiro atoms. The van der Waals surface area contributed by atoms with E-state index in [4.69, 9.17) is 9.97 Å². The minimum Gasteiger partial charge on any atom is -0.373 e. The van der Waals surface area contributed by atoms with Crippen LogP contribution >= 0.6 is 0 Å². The fourth-order valence-electron chi connectivity index (χ4n) is 6.84. The van der Waals surface area contributed by atoms with Gasteiger partial charge in [0.05, 0.1) is 6.04 Å².